The Labute approximate surface area is 167 Å². The number of aromatic nitrogens is 1. The molecular weight excluding hydrogens is 374 g/mol. The maximum Gasteiger partial charge on any atom is 0.342 e. The van der Waals surface area contributed by atoms with E-state index in [9.17, 15) is 14.7 Å². The van der Waals surface area contributed by atoms with Gasteiger partial charge in [0.2, 0.25) is 0 Å². The summed E-state index contributed by atoms with van der Waals surface area (Å²) in [7, 11) is 1.54. The number of hydrogen-bond donors (Lipinski definition) is 3. The molecule has 0 aliphatic rings. The van der Waals surface area contributed by atoms with E-state index in [1.54, 1.807) is 31.4 Å². The Hall–Kier alpha value is -4.07. The minimum Gasteiger partial charge on any atom is -0.508 e. The highest BCUT2D eigenvalue weighted by molar-refractivity contribution is 5.98. The fourth-order valence-electron chi connectivity index (χ4n) is 2.50. The van der Waals surface area contributed by atoms with Crippen LogP contribution in [0.25, 0.3) is 0 Å². The van der Waals surface area contributed by atoms with Gasteiger partial charge in [0.05, 0.1) is 12.8 Å². The standard InChI is InChI=1S/C21H19N3O5/c1-28-18-7-3-2-6-17(18)24-20-16(5-4-12-22-20)21(27)29-13-19(26)23-14-8-10-15(25)11-9-14/h2-12,25H,13H2,1H3,(H,22,24)(H,23,26). The number of methoxy groups -OCH3 is 1. The van der Waals surface area contributed by atoms with E-state index in [1.165, 1.54) is 30.5 Å². The molecule has 8 heteroatoms. The molecule has 29 heavy (non-hydrogen) atoms. The lowest BCUT2D eigenvalue weighted by Gasteiger charge is -2.13. The topological polar surface area (TPSA) is 110 Å². The molecule has 0 fully saturated rings. The van der Waals surface area contributed by atoms with Crippen LogP contribution >= 0.6 is 0 Å². The van der Waals surface area contributed by atoms with E-state index < -0.39 is 18.5 Å². The van der Waals surface area contributed by atoms with Gasteiger partial charge in [-0.15, -0.1) is 0 Å². The Morgan fingerprint density at radius 3 is 2.55 bits per heavy atom. The third-order valence-electron chi connectivity index (χ3n) is 3.87. The monoisotopic (exact) mass is 393 g/mol. The van der Waals surface area contributed by atoms with Crippen molar-refractivity contribution in [2.75, 3.05) is 24.4 Å². The Morgan fingerprint density at radius 1 is 1.03 bits per heavy atom. The van der Waals surface area contributed by atoms with Gasteiger partial charge in [0, 0.05) is 11.9 Å². The summed E-state index contributed by atoms with van der Waals surface area (Å²) in [4.78, 5) is 28.6. The van der Waals surface area contributed by atoms with Crippen LogP contribution in [-0.4, -0.2) is 35.7 Å². The van der Waals surface area contributed by atoms with Gasteiger partial charge in [0.25, 0.3) is 5.91 Å². The van der Waals surface area contributed by atoms with Crippen molar-refractivity contribution < 1.29 is 24.2 Å². The molecule has 0 aliphatic heterocycles. The average molecular weight is 393 g/mol. The van der Waals surface area contributed by atoms with Crippen molar-refractivity contribution in [1.82, 2.24) is 4.98 Å². The number of aromatic hydroxyl groups is 1. The first kappa shape index (κ1) is 19.7. The molecule has 1 heterocycles. The van der Waals surface area contributed by atoms with Crippen LogP contribution in [0.3, 0.4) is 0 Å². The van der Waals surface area contributed by atoms with Crippen LogP contribution in [0.2, 0.25) is 0 Å². The van der Waals surface area contributed by atoms with Gasteiger partial charge >= 0.3 is 5.97 Å². The fourth-order valence-corrected chi connectivity index (χ4v) is 2.50. The van der Waals surface area contributed by atoms with E-state index in [0.717, 1.165) is 0 Å². The Morgan fingerprint density at radius 2 is 1.79 bits per heavy atom. The highest BCUT2D eigenvalue weighted by atomic mass is 16.5. The molecule has 0 saturated heterocycles. The molecule has 0 radical (unpaired) electrons. The highest BCUT2D eigenvalue weighted by Gasteiger charge is 2.16. The largest absolute Gasteiger partial charge is 0.508 e. The van der Waals surface area contributed by atoms with Crippen molar-refractivity contribution in [3.8, 4) is 11.5 Å². The fraction of sp³-hybridized carbons (Fsp3) is 0.0952. The number of ether oxygens (including phenoxy) is 2. The first-order valence-corrected chi connectivity index (χ1v) is 8.68. The SMILES string of the molecule is COc1ccccc1Nc1ncccc1C(=O)OCC(=O)Nc1ccc(O)cc1. The summed E-state index contributed by atoms with van der Waals surface area (Å²) < 4.78 is 10.4. The Balaban J connectivity index is 1.65. The van der Waals surface area contributed by atoms with Gasteiger partial charge in [-0.05, 0) is 48.5 Å². The number of anilines is 3. The number of para-hydroxylation sites is 2. The summed E-state index contributed by atoms with van der Waals surface area (Å²) in [6, 6.07) is 16.3. The third kappa shape index (κ3) is 5.23. The number of nitrogens with one attached hydrogen (secondary N) is 2. The van der Waals surface area contributed by atoms with Gasteiger partial charge in [-0.2, -0.15) is 0 Å². The van der Waals surface area contributed by atoms with E-state index >= 15 is 0 Å². The second kappa shape index (κ2) is 9.23. The van der Waals surface area contributed by atoms with E-state index in [2.05, 4.69) is 15.6 Å². The lowest BCUT2D eigenvalue weighted by molar-refractivity contribution is -0.119. The van der Waals surface area contributed by atoms with Crippen LogP contribution in [0.1, 0.15) is 10.4 Å². The molecule has 2 aromatic carbocycles. The molecule has 0 atom stereocenters. The van der Waals surface area contributed by atoms with Gasteiger partial charge in [-0.1, -0.05) is 12.1 Å². The van der Waals surface area contributed by atoms with Gasteiger partial charge in [0.1, 0.15) is 22.9 Å². The number of carbonyl (C=O) groups excluding carboxylic acids is 2. The van der Waals surface area contributed by atoms with Crippen molar-refractivity contribution in [2.45, 2.75) is 0 Å². The minimum absolute atomic E-state index is 0.0843. The van der Waals surface area contributed by atoms with E-state index in [1.807, 2.05) is 12.1 Å². The van der Waals surface area contributed by atoms with Gasteiger partial charge < -0.3 is 25.2 Å². The first-order valence-electron chi connectivity index (χ1n) is 8.68. The van der Waals surface area contributed by atoms with Crippen LogP contribution in [-0.2, 0) is 9.53 Å². The minimum atomic E-state index is -0.698. The molecule has 1 amide bonds. The van der Waals surface area contributed by atoms with E-state index in [4.69, 9.17) is 9.47 Å². The molecule has 3 aromatic rings. The van der Waals surface area contributed by atoms with Crippen LogP contribution < -0.4 is 15.4 Å². The normalized spacial score (nSPS) is 10.1. The summed E-state index contributed by atoms with van der Waals surface area (Å²) in [5.41, 5.74) is 1.28. The average Bonchev–Trinajstić information content (AvgIpc) is 2.74. The molecule has 0 aliphatic carbocycles. The highest BCUT2D eigenvalue weighted by Crippen LogP contribution is 2.27. The Kier molecular flexibility index (Phi) is 6.26. The number of phenols is 1. The van der Waals surface area contributed by atoms with E-state index in [0.29, 0.717) is 17.1 Å². The lowest BCUT2D eigenvalue weighted by atomic mass is 10.2. The number of pyridine rings is 1. The second-order valence-electron chi connectivity index (χ2n) is 5.90. The molecular formula is C21H19N3O5. The molecule has 3 rings (SSSR count). The van der Waals surface area contributed by atoms with E-state index in [-0.39, 0.29) is 17.1 Å². The van der Waals surface area contributed by atoms with Gasteiger partial charge in [-0.3, -0.25) is 4.79 Å². The zero-order valence-corrected chi connectivity index (χ0v) is 15.6. The molecule has 148 valence electrons. The quantitative estimate of drug-likeness (QED) is 0.417. The zero-order chi connectivity index (χ0) is 20.6. The second-order valence-corrected chi connectivity index (χ2v) is 5.90. The molecule has 0 saturated carbocycles. The number of hydrogen-bond acceptors (Lipinski definition) is 7. The van der Waals surface area contributed by atoms with Crippen LogP contribution in [0.5, 0.6) is 11.5 Å². The van der Waals surface area contributed by atoms with Crippen molar-refractivity contribution in [1.29, 1.82) is 0 Å². The molecule has 0 bridgehead atoms. The van der Waals surface area contributed by atoms with Crippen LogP contribution in [0, 0.1) is 0 Å². The number of nitrogens with zero attached hydrogens (tertiary/aromatic N) is 1. The van der Waals surface area contributed by atoms with Crippen molar-refractivity contribution in [3.05, 3.63) is 72.4 Å². The zero-order valence-electron chi connectivity index (χ0n) is 15.6. The number of benzene rings is 2. The molecule has 0 spiro atoms. The third-order valence-corrected chi connectivity index (χ3v) is 3.87. The number of phenolic OH excluding ortho intramolecular Hbond substituents is 1. The molecule has 0 unspecified atom stereocenters. The smallest absolute Gasteiger partial charge is 0.342 e. The van der Waals surface area contributed by atoms with Crippen LogP contribution in [0.4, 0.5) is 17.2 Å². The predicted octanol–water partition coefficient (Wildman–Crippen LogP) is 3.33. The molecule has 3 N–H and O–H groups in total. The first-order chi connectivity index (χ1) is 14.1. The number of carbonyl (C=O) groups is 2. The van der Waals surface area contributed by atoms with Crippen molar-refractivity contribution in [3.63, 3.8) is 0 Å². The summed E-state index contributed by atoms with van der Waals surface area (Å²) in [5, 5.41) is 14.9. The molecule has 8 nitrogen and oxygen atoms in total. The summed E-state index contributed by atoms with van der Waals surface area (Å²) >= 11 is 0. The van der Waals surface area contributed by atoms with Crippen molar-refractivity contribution in [2.24, 2.45) is 0 Å². The summed E-state index contributed by atoms with van der Waals surface area (Å²) in [6.07, 6.45) is 1.53. The van der Waals surface area contributed by atoms with Crippen LogP contribution in [0.15, 0.2) is 66.9 Å². The Bertz CT molecular complexity index is 1010. The lowest BCUT2D eigenvalue weighted by Crippen LogP contribution is -2.21. The van der Waals surface area contributed by atoms with Crippen molar-refractivity contribution >= 4 is 29.1 Å². The maximum atomic E-state index is 12.5. The predicted molar refractivity (Wildman–Crippen MR) is 108 cm³/mol. The number of esters is 1. The summed E-state index contributed by atoms with van der Waals surface area (Å²) in [6.45, 7) is -0.470. The summed E-state index contributed by atoms with van der Waals surface area (Å²) in [5.74, 6) is -0.253. The maximum absolute atomic E-state index is 12.5. The van der Waals surface area contributed by atoms with Gasteiger partial charge in [-0.25, -0.2) is 9.78 Å². The van der Waals surface area contributed by atoms with Gasteiger partial charge in [0.15, 0.2) is 6.61 Å². The number of rotatable bonds is 7. The molecule has 1 aromatic heterocycles. The number of amides is 1.